The molecule has 0 spiro atoms. The Labute approximate surface area is 174 Å². The lowest BCUT2D eigenvalue weighted by Gasteiger charge is -2.19. The number of carbonyl (C=O) groups is 1. The standard InChI is InChI=1S/C21H21ClN4O3/c1-5-28-20(27)17-19(29-15-9-10-16(22)23-12-15)24-18(26-25-17)13-7-6-8-14(11-13)21(2,3)4/h6-12H,5H2,1-4H3. The van der Waals surface area contributed by atoms with E-state index in [0.29, 0.717) is 16.7 Å². The van der Waals surface area contributed by atoms with Gasteiger partial charge in [0.05, 0.1) is 12.8 Å². The fraction of sp³-hybridized carbons (Fsp3) is 0.286. The van der Waals surface area contributed by atoms with Crippen molar-refractivity contribution >= 4 is 17.6 Å². The number of carbonyl (C=O) groups excluding carboxylic acids is 1. The normalized spacial score (nSPS) is 11.2. The third-order valence-corrected chi connectivity index (χ3v) is 4.25. The second kappa shape index (κ2) is 8.53. The van der Waals surface area contributed by atoms with E-state index in [1.165, 1.54) is 6.20 Å². The Hall–Kier alpha value is -3.06. The van der Waals surface area contributed by atoms with Gasteiger partial charge in [-0.25, -0.2) is 9.78 Å². The molecule has 29 heavy (non-hydrogen) atoms. The van der Waals surface area contributed by atoms with E-state index in [2.05, 4.69) is 40.9 Å². The van der Waals surface area contributed by atoms with Gasteiger partial charge in [0.2, 0.25) is 5.69 Å². The summed E-state index contributed by atoms with van der Waals surface area (Å²) in [5, 5.41) is 8.46. The Morgan fingerprint density at radius 2 is 1.93 bits per heavy atom. The SMILES string of the molecule is CCOC(=O)c1nnc(-c2cccc(C(C)(C)C)c2)nc1Oc1ccc(Cl)nc1. The fourth-order valence-electron chi connectivity index (χ4n) is 2.49. The number of hydrogen-bond donors (Lipinski definition) is 0. The number of rotatable bonds is 5. The molecule has 8 heteroatoms. The fourth-order valence-corrected chi connectivity index (χ4v) is 2.60. The molecule has 0 bridgehead atoms. The van der Waals surface area contributed by atoms with Crippen molar-refractivity contribution in [2.75, 3.05) is 6.61 Å². The molecule has 0 saturated heterocycles. The average Bonchev–Trinajstić information content (AvgIpc) is 2.69. The van der Waals surface area contributed by atoms with E-state index in [9.17, 15) is 4.79 Å². The van der Waals surface area contributed by atoms with Crippen LogP contribution in [0.1, 0.15) is 43.7 Å². The van der Waals surface area contributed by atoms with Gasteiger partial charge < -0.3 is 9.47 Å². The van der Waals surface area contributed by atoms with Crippen molar-refractivity contribution in [1.29, 1.82) is 0 Å². The number of nitrogens with zero attached hydrogens (tertiary/aromatic N) is 4. The molecule has 0 aliphatic rings. The van der Waals surface area contributed by atoms with E-state index in [1.54, 1.807) is 19.1 Å². The number of aromatic nitrogens is 4. The van der Waals surface area contributed by atoms with E-state index >= 15 is 0 Å². The second-order valence-electron chi connectivity index (χ2n) is 7.26. The summed E-state index contributed by atoms with van der Waals surface area (Å²) in [6.07, 6.45) is 1.43. The summed E-state index contributed by atoms with van der Waals surface area (Å²) >= 11 is 5.82. The molecule has 0 fully saturated rings. The Balaban J connectivity index is 2.04. The van der Waals surface area contributed by atoms with Gasteiger partial charge in [0.25, 0.3) is 5.88 Å². The molecule has 3 aromatic rings. The first-order valence-corrected chi connectivity index (χ1v) is 9.48. The van der Waals surface area contributed by atoms with Gasteiger partial charge in [-0.05, 0) is 36.1 Å². The van der Waals surface area contributed by atoms with Gasteiger partial charge in [0, 0.05) is 5.56 Å². The lowest BCUT2D eigenvalue weighted by molar-refractivity contribution is 0.0514. The van der Waals surface area contributed by atoms with Gasteiger partial charge in [-0.15, -0.1) is 10.2 Å². The largest absolute Gasteiger partial charge is 0.461 e. The van der Waals surface area contributed by atoms with Crippen molar-refractivity contribution in [3.8, 4) is 23.0 Å². The third kappa shape index (κ3) is 5.06. The smallest absolute Gasteiger partial charge is 0.364 e. The molecule has 0 aliphatic carbocycles. The predicted molar refractivity (Wildman–Crippen MR) is 109 cm³/mol. The molecule has 0 N–H and O–H groups in total. The van der Waals surface area contributed by atoms with Crippen molar-refractivity contribution in [1.82, 2.24) is 20.2 Å². The number of benzene rings is 1. The van der Waals surface area contributed by atoms with Crippen LogP contribution in [0.5, 0.6) is 11.6 Å². The molecule has 150 valence electrons. The molecule has 0 atom stereocenters. The summed E-state index contributed by atoms with van der Waals surface area (Å²) in [6.45, 7) is 8.26. The van der Waals surface area contributed by atoms with E-state index in [1.807, 2.05) is 24.3 Å². The van der Waals surface area contributed by atoms with Crippen LogP contribution in [0.4, 0.5) is 0 Å². The van der Waals surface area contributed by atoms with E-state index in [-0.39, 0.29) is 23.6 Å². The van der Waals surface area contributed by atoms with Crippen molar-refractivity contribution in [3.05, 3.63) is 59.0 Å². The van der Waals surface area contributed by atoms with Crippen molar-refractivity contribution in [3.63, 3.8) is 0 Å². The summed E-state index contributed by atoms with van der Waals surface area (Å²) in [5.74, 6) is 0.00839. The van der Waals surface area contributed by atoms with Gasteiger partial charge in [-0.2, -0.15) is 4.98 Å². The van der Waals surface area contributed by atoms with Crippen molar-refractivity contribution in [2.24, 2.45) is 0 Å². The topological polar surface area (TPSA) is 87.1 Å². The minimum Gasteiger partial charge on any atom is -0.461 e. The molecule has 7 nitrogen and oxygen atoms in total. The van der Waals surface area contributed by atoms with Crippen LogP contribution in [0.25, 0.3) is 11.4 Å². The molecule has 1 aromatic carbocycles. The van der Waals surface area contributed by atoms with Crippen LogP contribution in [-0.4, -0.2) is 32.7 Å². The molecule has 0 amide bonds. The minimum atomic E-state index is -0.667. The van der Waals surface area contributed by atoms with Crippen LogP contribution in [0.2, 0.25) is 5.15 Å². The Bertz CT molecular complexity index is 1020. The highest BCUT2D eigenvalue weighted by Gasteiger charge is 2.22. The highest BCUT2D eigenvalue weighted by molar-refractivity contribution is 6.29. The Morgan fingerprint density at radius 3 is 2.59 bits per heavy atom. The average molecular weight is 413 g/mol. The summed E-state index contributed by atoms with van der Waals surface area (Å²) in [5.41, 5.74) is 1.73. The molecule has 0 unspecified atom stereocenters. The maximum absolute atomic E-state index is 12.3. The summed E-state index contributed by atoms with van der Waals surface area (Å²) < 4.78 is 10.8. The number of esters is 1. The van der Waals surface area contributed by atoms with Gasteiger partial charge in [0.15, 0.2) is 5.82 Å². The first-order chi connectivity index (χ1) is 13.8. The highest BCUT2D eigenvalue weighted by Crippen LogP contribution is 2.28. The predicted octanol–water partition coefficient (Wildman–Crippen LogP) is 4.85. The zero-order chi connectivity index (χ0) is 21.0. The van der Waals surface area contributed by atoms with Crippen molar-refractivity contribution in [2.45, 2.75) is 33.1 Å². The summed E-state index contributed by atoms with van der Waals surface area (Å²) in [7, 11) is 0. The van der Waals surface area contributed by atoms with Crippen LogP contribution in [0, 0.1) is 0 Å². The molecular formula is C21H21ClN4O3. The molecule has 0 aliphatic heterocycles. The minimum absolute atomic E-state index is 0.0151. The maximum atomic E-state index is 12.3. The Kier molecular flexibility index (Phi) is 6.08. The van der Waals surface area contributed by atoms with Crippen LogP contribution in [0.3, 0.4) is 0 Å². The Morgan fingerprint density at radius 1 is 1.14 bits per heavy atom. The van der Waals surface area contributed by atoms with Crippen molar-refractivity contribution < 1.29 is 14.3 Å². The van der Waals surface area contributed by atoms with Crippen LogP contribution in [0.15, 0.2) is 42.6 Å². The highest BCUT2D eigenvalue weighted by atomic mass is 35.5. The number of pyridine rings is 1. The summed E-state index contributed by atoms with van der Waals surface area (Å²) in [6, 6.07) is 11.0. The van der Waals surface area contributed by atoms with E-state index in [0.717, 1.165) is 11.1 Å². The number of hydrogen-bond acceptors (Lipinski definition) is 7. The number of halogens is 1. The molecule has 3 rings (SSSR count). The van der Waals surface area contributed by atoms with E-state index < -0.39 is 5.97 Å². The van der Waals surface area contributed by atoms with Gasteiger partial charge in [0.1, 0.15) is 10.9 Å². The van der Waals surface area contributed by atoms with Gasteiger partial charge >= 0.3 is 5.97 Å². The second-order valence-corrected chi connectivity index (χ2v) is 7.65. The molecule has 2 aromatic heterocycles. The maximum Gasteiger partial charge on any atom is 0.364 e. The van der Waals surface area contributed by atoms with Crippen LogP contribution >= 0.6 is 11.6 Å². The van der Waals surface area contributed by atoms with Crippen LogP contribution in [-0.2, 0) is 10.2 Å². The monoisotopic (exact) mass is 412 g/mol. The lowest BCUT2D eigenvalue weighted by Crippen LogP contribution is -2.13. The molecule has 2 heterocycles. The van der Waals surface area contributed by atoms with E-state index in [4.69, 9.17) is 21.1 Å². The molecular weight excluding hydrogens is 392 g/mol. The number of ether oxygens (including phenoxy) is 2. The zero-order valence-electron chi connectivity index (χ0n) is 16.6. The van der Waals surface area contributed by atoms with Crippen LogP contribution < -0.4 is 4.74 Å². The van der Waals surface area contributed by atoms with Gasteiger partial charge in [-0.3, -0.25) is 0 Å². The van der Waals surface area contributed by atoms with Gasteiger partial charge in [-0.1, -0.05) is 50.6 Å². The zero-order valence-corrected chi connectivity index (χ0v) is 17.4. The molecule has 0 radical (unpaired) electrons. The lowest BCUT2D eigenvalue weighted by atomic mass is 9.86. The third-order valence-electron chi connectivity index (χ3n) is 4.03. The first kappa shape index (κ1) is 20.7. The quantitative estimate of drug-likeness (QED) is 0.437. The summed E-state index contributed by atoms with van der Waals surface area (Å²) in [4.78, 5) is 20.7. The first-order valence-electron chi connectivity index (χ1n) is 9.10. The molecule has 0 saturated carbocycles.